The lowest BCUT2D eigenvalue weighted by atomic mass is 10.2. The fourth-order valence-electron chi connectivity index (χ4n) is 0.838. The van der Waals surface area contributed by atoms with E-state index in [0.717, 1.165) is 0 Å². The SMILES string of the molecule is C=C(OCC)c1cncc(O)c1. The zero-order valence-electron chi connectivity index (χ0n) is 6.95. The van der Waals surface area contributed by atoms with Crippen LogP contribution in [0.2, 0.25) is 0 Å². The van der Waals surface area contributed by atoms with E-state index in [4.69, 9.17) is 9.84 Å². The van der Waals surface area contributed by atoms with Gasteiger partial charge in [-0.2, -0.15) is 0 Å². The first kappa shape index (κ1) is 8.59. The standard InChI is InChI=1S/C9H11NO2/c1-3-12-7(2)8-4-9(11)6-10-5-8/h4-6,11H,2-3H2,1H3. The molecule has 3 heteroatoms. The lowest BCUT2D eigenvalue weighted by molar-refractivity contribution is 0.299. The van der Waals surface area contributed by atoms with Crippen molar-refractivity contribution in [1.29, 1.82) is 0 Å². The molecule has 0 aliphatic heterocycles. The maximum Gasteiger partial charge on any atom is 0.134 e. The Bertz CT molecular complexity index is 284. The van der Waals surface area contributed by atoms with E-state index in [1.54, 1.807) is 12.3 Å². The molecule has 1 N–H and O–H groups in total. The van der Waals surface area contributed by atoms with Crippen LogP contribution < -0.4 is 0 Å². The fourth-order valence-corrected chi connectivity index (χ4v) is 0.838. The number of aromatic hydroxyl groups is 1. The lowest BCUT2D eigenvalue weighted by Crippen LogP contribution is -1.90. The van der Waals surface area contributed by atoms with Crippen molar-refractivity contribution in [2.75, 3.05) is 6.61 Å². The van der Waals surface area contributed by atoms with E-state index >= 15 is 0 Å². The molecule has 0 amide bonds. The average Bonchev–Trinajstić information content (AvgIpc) is 2.05. The molecule has 0 bridgehead atoms. The van der Waals surface area contributed by atoms with E-state index in [9.17, 15) is 0 Å². The van der Waals surface area contributed by atoms with Gasteiger partial charge in [-0.25, -0.2) is 0 Å². The molecule has 0 aliphatic carbocycles. The summed E-state index contributed by atoms with van der Waals surface area (Å²) in [7, 11) is 0. The summed E-state index contributed by atoms with van der Waals surface area (Å²) >= 11 is 0. The molecule has 0 saturated heterocycles. The van der Waals surface area contributed by atoms with Crippen molar-refractivity contribution in [3.05, 3.63) is 30.6 Å². The number of pyridine rings is 1. The van der Waals surface area contributed by atoms with Gasteiger partial charge in [0.1, 0.15) is 11.5 Å². The Labute approximate surface area is 71.3 Å². The molecule has 0 fully saturated rings. The van der Waals surface area contributed by atoms with Gasteiger partial charge in [-0.1, -0.05) is 6.58 Å². The average molecular weight is 165 g/mol. The molecule has 0 radical (unpaired) electrons. The van der Waals surface area contributed by atoms with Gasteiger partial charge in [0, 0.05) is 11.8 Å². The van der Waals surface area contributed by atoms with Gasteiger partial charge in [-0.15, -0.1) is 0 Å². The van der Waals surface area contributed by atoms with Gasteiger partial charge >= 0.3 is 0 Å². The van der Waals surface area contributed by atoms with Crippen molar-refractivity contribution in [3.8, 4) is 5.75 Å². The van der Waals surface area contributed by atoms with Crippen molar-refractivity contribution in [2.24, 2.45) is 0 Å². The number of nitrogens with zero attached hydrogens (tertiary/aromatic N) is 1. The van der Waals surface area contributed by atoms with E-state index < -0.39 is 0 Å². The number of hydrogen-bond acceptors (Lipinski definition) is 3. The molecule has 0 atom stereocenters. The van der Waals surface area contributed by atoms with Crippen LogP contribution in [0, 0.1) is 0 Å². The summed E-state index contributed by atoms with van der Waals surface area (Å²) < 4.78 is 5.14. The molecule has 0 saturated carbocycles. The normalized spacial score (nSPS) is 9.42. The quantitative estimate of drug-likeness (QED) is 0.694. The highest BCUT2D eigenvalue weighted by molar-refractivity contribution is 5.57. The van der Waals surface area contributed by atoms with Crippen molar-refractivity contribution >= 4 is 5.76 Å². The van der Waals surface area contributed by atoms with Gasteiger partial charge in [0.25, 0.3) is 0 Å². The molecule has 1 aromatic heterocycles. The predicted octanol–water partition coefficient (Wildman–Crippen LogP) is 1.79. The van der Waals surface area contributed by atoms with Crippen LogP contribution in [0.1, 0.15) is 12.5 Å². The molecule has 0 aromatic carbocycles. The minimum Gasteiger partial charge on any atom is -0.506 e. The Balaban J connectivity index is 2.81. The van der Waals surface area contributed by atoms with Crippen molar-refractivity contribution in [2.45, 2.75) is 6.92 Å². The van der Waals surface area contributed by atoms with Crippen molar-refractivity contribution in [3.63, 3.8) is 0 Å². The maximum absolute atomic E-state index is 9.07. The maximum atomic E-state index is 9.07. The molecular weight excluding hydrogens is 154 g/mol. The van der Waals surface area contributed by atoms with E-state index in [2.05, 4.69) is 11.6 Å². The Kier molecular flexibility index (Phi) is 2.69. The molecule has 3 nitrogen and oxygen atoms in total. The summed E-state index contributed by atoms with van der Waals surface area (Å²) in [5.74, 6) is 0.647. The zero-order chi connectivity index (χ0) is 8.97. The first-order chi connectivity index (χ1) is 5.74. The highest BCUT2D eigenvalue weighted by Crippen LogP contribution is 2.16. The van der Waals surface area contributed by atoms with Crippen molar-refractivity contribution < 1.29 is 9.84 Å². The van der Waals surface area contributed by atoms with E-state index in [0.29, 0.717) is 17.9 Å². The van der Waals surface area contributed by atoms with Crippen LogP contribution in [0.25, 0.3) is 5.76 Å². The van der Waals surface area contributed by atoms with Gasteiger partial charge in [0.15, 0.2) is 0 Å². The van der Waals surface area contributed by atoms with Crippen LogP contribution >= 0.6 is 0 Å². The van der Waals surface area contributed by atoms with Crippen LogP contribution in [0.5, 0.6) is 5.75 Å². The smallest absolute Gasteiger partial charge is 0.134 e. The summed E-state index contributed by atoms with van der Waals surface area (Å²) in [6, 6.07) is 1.56. The van der Waals surface area contributed by atoms with Crippen molar-refractivity contribution in [1.82, 2.24) is 4.98 Å². The predicted molar refractivity (Wildman–Crippen MR) is 46.6 cm³/mol. The third kappa shape index (κ3) is 1.99. The summed E-state index contributed by atoms with van der Waals surface area (Å²) in [5, 5.41) is 9.07. The molecular formula is C9H11NO2. The Hall–Kier alpha value is -1.51. The van der Waals surface area contributed by atoms with Gasteiger partial charge in [0.05, 0.1) is 12.8 Å². The van der Waals surface area contributed by atoms with Crippen LogP contribution in [-0.2, 0) is 4.74 Å². The molecule has 0 unspecified atom stereocenters. The topological polar surface area (TPSA) is 42.4 Å². The molecule has 12 heavy (non-hydrogen) atoms. The number of hydrogen-bond donors (Lipinski definition) is 1. The van der Waals surface area contributed by atoms with Crippen LogP contribution in [-0.4, -0.2) is 16.7 Å². The number of aromatic nitrogens is 1. The lowest BCUT2D eigenvalue weighted by Gasteiger charge is -2.05. The highest BCUT2D eigenvalue weighted by Gasteiger charge is 1.99. The first-order valence-corrected chi connectivity index (χ1v) is 3.70. The second-order valence-corrected chi connectivity index (χ2v) is 2.29. The van der Waals surface area contributed by atoms with Crippen LogP contribution in [0.3, 0.4) is 0 Å². The Morgan fingerprint density at radius 1 is 1.67 bits per heavy atom. The Morgan fingerprint density at radius 2 is 2.42 bits per heavy atom. The Morgan fingerprint density at radius 3 is 3.00 bits per heavy atom. The highest BCUT2D eigenvalue weighted by atomic mass is 16.5. The molecule has 0 aliphatic rings. The summed E-state index contributed by atoms with van der Waals surface area (Å²) in [4.78, 5) is 3.80. The zero-order valence-corrected chi connectivity index (χ0v) is 6.95. The second kappa shape index (κ2) is 3.76. The third-order valence-corrected chi connectivity index (χ3v) is 1.36. The van der Waals surface area contributed by atoms with Gasteiger partial charge in [0.2, 0.25) is 0 Å². The molecule has 0 spiro atoms. The number of ether oxygens (including phenoxy) is 1. The number of rotatable bonds is 3. The summed E-state index contributed by atoms with van der Waals surface area (Å²) in [6.45, 7) is 6.12. The summed E-state index contributed by atoms with van der Waals surface area (Å²) in [6.07, 6.45) is 2.96. The first-order valence-electron chi connectivity index (χ1n) is 3.70. The third-order valence-electron chi connectivity index (χ3n) is 1.36. The molecule has 64 valence electrons. The van der Waals surface area contributed by atoms with Gasteiger partial charge in [-0.05, 0) is 13.0 Å². The summed E-state index contributed by atoms with van der Waals surface area (Å²) in [5.41, 5.74) is 0.705. The molecule has 1 heterocycles. The fraction of sp³-hybridized carbons (Fsp3) is 0.222. The van der Waals surface area contributed by atoms with Gasteiger partial charge < -0.3 is 9.84 Å². The minimum atomic E-state index is 0.119. The van der Waals surface area contributed by atoms with Gasteiger partial charge in [-0.3, -0.25) is 4.98 Å². The monoisotopic (exact) mass is 165 g/mol. The molecule has 1 rings (SSSR count). The second-order valence-electron chi connectivity index (χ2n) is 2.29. The van der Waals surface area contributed by atoms with E-state index in [-0.39, 0.29) is 5.75 Å². The van der Waals surface area contributed by atoms with Crippen LogP contribution in [0.15, 0.2) is 25.0 Å². The van der Waals surface area contributed by atoms with E-state index in [1.807, 2.05) is 6.92 Å². The van der Waals surface area contributed by atoms with E-state index in [1.165, 1.54) is 6.20 Å². The largest absolute Gasteiger partial charge is 0.506 e. The van der Waals surface area contributed by atoms with Crippen LogP contribution in [0.4, 0.5) is 0 Å². The minimum absolute atomic E-state index is 0.119. The molecule has 1 aromatic rings.